The highest BCUT2D eigenvalue weighted by Crippen LogP contribution is 2.59. The van der Waals surface area contributed by atoms with Crippen LogP contribution in [0, 0.1) is 23.7 Å². The fourth-order valence-electron chi connectivity index (χ4n) is 4.75. The second-order valence-electron chi connectivity index (χ2n) is 7.31. The zero-order valence-corrected chi connectivity index (χ0v) is 13.3. The number of hydrogen-bond acceptors (Lipinski definition) is 5. The smallest absolute Gasteiger partial charge is 0.427 e. The van der Waals surface area contributed by atoms with Crippen LogP contribution in [-0.4, -0.2) is 24.5 Å². The van der Waals surface area contributed by atoms with Crippen molar-refractivity contribution in [3.05, 3.63) is 12.2 Å². The Labute approximate surface area is 131 Å². The average Bonchev–Trinajstić information content (AvgIpc) is 2.44. The molecule has 0 unspecified atom stereocenters. The molecular weight excluding hydrogens is 284 g/mol. The molecule has 22 heavy (non-hydrogen) atoms. The van der Waals surface area contributed by atoms with E-state index < -0.39 is 24.5 Å². The summed E-state index contributed by atoms with van der Waals surface area (Å²) in [5.74, 6) is 1.93. The van der Waals surface area contributed by atoms with E-state index in [0.29, 0.717) is 11.8 Å². The van der Waals surface area contributed by atoms with Gasteiger partial charge < -0.3 is 14.2 Å². The van der Waals surface area contributed by atoms with Crippen LogP contribution in [0.25, 0.3) is 0 Å². The molecule has 0 amide bonds. The summed E-state index contributed by atoms with van der Waals surface area (Å²) in [5, 5.41) is 0. The molecule has 0 radical (unpaired) electrons. The first-order valence-corrected chi connectivity index (χ1v) is 8.07. The van der Waals surface area contributed by atoms with Crippen LogP contribution in [0.5, 0.6) is 0 Å². The molecule has 0 N–H and O–H groups in total. The number of rotatable bonds is 4. The van der Waals surface area contributed by atoms with Crippen LogP contribution in [-0.2, 0) is 19.0 Å². The van der Waals surface area contributed by atoms with Gasteiger partial charge in [-0.05, 0) is 69.6 Å². The molecule has 0 atom stereocenters. The molecule has 4 aliphatic carbocycles. The summed E-state index contributed by atoms with van der Waals surface area (Å²) in [6.07, 6.45) is 5.22. The molecule has 5 nitrogen and oxygen atoms in total. The highest BCUT2D eigenvalue weighted by molar-refractivity contribution is 5.86. The minimum absolute atomic E-state index is 0.268. The molecule has 0 spiro atoms. The molecule has 0 aliphatic heterocycles. The fourth-order valence-corrected chi connectivity index (χ4v) is 4.75. The number of ether oxygens (including phenoxy) is 3. The highest BCUT2D eigenvalue weighted by Gasteiger charge is 2.57. The largest absolute Gasteiger partial charge is 0.511 e. The lowest BCUT2D eigenvalue weighted by atomic mass is 9.50. The van der Waals surface area contributed by atoms with E-state index in [1.165, 1.54) is 13.3 Å². The maximum atomic E-state index is 11.9. The molecule has 5 heteroatoms. The summed E-state index contributed by atoms with van der Waals surface area (Å²) in [7, 11) is 0. The lowest BCUT2D eigenvalue weighted by Crippen LogP contribution is -2.58. The standard InChI is InChI=1S/C17H24O5/c1-10(2)15(18)20-9-21-16(19)22-17(3)13-5-11-4-12(7-13)8-14(17)6-11/h11-14H,1,4-9H2,2-3H3. The van der Waals surface area contributed by atoms with Crippen molar-refractivity contribution in [3.63, 3.8) is 0 Å². The Hall–Kier alpha value is -1.52. The van der Waals surface area contributed by atoms with Gasteiger partial charge in [0.25, 0.3) is 0 Å². The van der Waals surface area contributed by atoms with E-state index in [-0.39, 0.29) is 5.57 Å². The highest BCUT2D eigenvalue weighted by atomic mass is 16.8. The molecule has 0 aromatic carbocycles. The lowest BCUT2D eigenvalue weighted by Gasteiger charge is -2.58. The number of carbonyl (C=O) groups is 2. The maximum absolute atomic E-state index is 11.9. The Morgan fingerprint density at radius 2 is 1.59 bits per heavy atom. The lowest BCUT2D eigenvalue weighted by molar-refractivity contribution is -0.181. The van der Waals surface area contributed by atoms with Gasteiger partial charge in [0.05, 0.1) is 0 Å². The van der Waals surface area contributed by atoms with Gasteiger partial charge in [0.1, 0.15) is 5.60 Å². The third kappa shape index (κ3) is 2.73. The van der Waals surface area contributed by atoms with Crippen molar-refractivity contribution >= 4 is 12.1 Å². The topological polar surface area (TPSA) is 61.8 Å². The third-order valence-electron chi connectivity index (χ3n) is 5.78. The van der Waals surface area contributed by atoms with Gasteiger partial charge in [-0.1, -0.05) is 6.58 Å². The Kier molecular flexibility index (Phi) is 3.91. The Balaban J connectivity index is 1.53. The second-order valence-corrected chi connectivity index (χ2v) is 7.31. The van der Waals surface area contributed by atoms with Crippen molar-refractivity contribution in [1.29, 1.82) is 0 Å². The van der Waals surface area contributed by atoms with Crippen LogP contribution in [0.3, 0.4) is 0 Å². The summed E-state index contributed by atoms with van der Waals surface area (Å²) in [5.41, 5.74) is -0.159. The molecule has 0 aromatic rings. The first-order valence-electron chi connectivity index (χ1n) is 8.07. The summed E-state index contributed by atoms with van der Waals surface area (Å²) in [6, 6.07) is 0. The van der Waals surface area contributed by atoms with Crippen LogP contribution in [0.15, 0.2) is 12.2 Å². The molecule has 0 aromatic heterocycles. The van der Waals surface area contributed by atoms with E-state index in [4.69, 9.17) is 14.2 Å². The number of carbonyl (C=O) groups excluding carboxylic acids is 2. The molecule has 4 saturated carbocycles. The third-order valence-corrected chi connectivity index (χ3v) is 5.78. The number of esters is 1. The monoisotopic (exact) mass is 308 g/mol. The van der Waals surface area contributed by atoms with Gasteiger partial charge in [-0.25, -0.2) is 9.59 Å². The van der Waals surface area contributed by atoms with E-state index in [0.717, 1.165) is 37.5 Å². The quantitative estimate of drug-likeness (QED) is 0.452. The van der Waals surface area contributed by atoms with Crippen molar-refractivity contribution < 1.29 is 23.8 Å². The molecule has 0 saturated heterocycles. The fraction of sp³-hybridized carbons (Fsp3) is 0.765. The molecule has 4 bridgehead atoms. The molecular formula is C17H24O5. The van der Waals surface area contributed by atoms with Crippen molar-refractivity contribution in [3.8, 4) is 0 Å². The van der Waals surface area contributed by atoms with Gasteiger partial charge in [0.15, 0.2) is 0 Å². The molecule has 0 heterocycles. The van der Waals surface area contributed by atoms with E-state index >= 15 is 0 Å². The van der Waals surface area contributed by atoms with Gasteiger partial charge >= 0.3 is 12.1 Å². The van der Waals surface area contributed by atoms with Gasteiger partial charge in [-0.15, -0.1) is 0 Å². The maximum Gasteiger partial charge on any atom is 0.511 e. The minimum Gasteiger partial charge on any atom is -0.427 e. The summed E-state index contributed by atoms with van der Waals surface area (Å²) >= 11 is 0. The minimum atomic E-state index is -0.746. The normalized spacial score (nSPS) is 38.5. The predicted octanol–water partition coefficient (Wildman–Crippen LogP) is 3.43. The van der Waals surface area contributed by atoms with Crippen LogP contribution in [0.2, 0.25) is 0 Å². The Morgan fingerprint density at radius 1 is 1.05 bits per heavy atom. The van der Waals surface area contributed by atoms with E-state index in [1.807, 2.05) is 6.92 Å². The van der Waals surface area contributed by atoms with Crippen LogP contribution in [0.4, 0.5) is 4.79 Å². The van der Waals surface area contributed by atoms with Crippen LogP contribution < -0.4 is 0 Å². The van der Waals surface area contributed by atoms with Gasteiger partial charge in [-0.3, -0.25) is 0 Å². The molecule has 4 aliphatic rings. The van der Waals surface area contributed by atoms with Crippen molar-refractivity contribution in [2.75, 3.05) is 6.79 Å². The average molecular weight is 308 g/mol. The SMILES string of the molecule is C=C(C)C(=O)OCOC(=O)OC1(C)C2CC3CC(C2)CC1C3. The van der Waals surface area contributed by atoms with Crippen LogP contribution in [0.1, 0.15) is 46.0 Å². The summed E-state index contributed by atoms with van der Waals surface area (Å²) in [4.78, 5) is 23.2. The van der Waals surface area contributed by atoms with Gasteiger partial charge in [0.2, 0.25) is 6.79 Å². The van der Waals surface area contributed by atoms with E-state index in [9.17, 15) is 9.59 Å². The van der Waals surface area contributed by atoms with E-state index in [2.05, 4.69) is 6.58 Å². The van der Waals surface area contributed by atoms with E-state index in [1.54, 1.807) is 0 Å². The van der Waals surface area contributed by atoms with Crippen molar-refractivity contribution in [1.82, 2.24) is 0 Å². The van der Waals surface area contributed by atoms with Crippen LogP contribution >= 0.6 is 0 Å². The molecule has 122 valence electrons. The van der Waals surface area contributed by atoms with Crippen molar-refractivity contribution in [2.45, 2.75) is 51.6 Å². The first kappa shape index (κ1) is 15.4. The van der Waals surface area contributed by atoms with Gasteiger partial charge in [0, 0.05) is 5.57 Å². The van der Waals surface area contributed by atoms with Crippen molar-refractivity contribution in [2.24, 2.45) is 23.7 Å². The zero-order valence-electron chi connectivity index (χ0n) is 13.3. The van der Waals surface area contributed by atoms with Gasteiger partial charge in [-0.2, -0.15) is 0 Å². The summed E-state index contributed by atoms with van der Waals surface area (Å²) < 4.78 is 15.3. The zero-order chi connectivity index (χ0) is 15.9. The predicted molar refractivity (Wildman–Crippen MR) is 78.8 cm³/mol. The molecule has 4 rings (SSSR count). The molecule has 4 fully saturated rings. The second kappa shape index (κ2) is 5.60. The Morgan fingerprint density at radius 3 is 2.09 bits per heavy atom. The summed E-state index contributed by atoms with van der Waals surface area (Å²) in [6.45, 7) is 6.61. The first-order chi connectivity index (χ1) is 10.4. The number of hydrogen-bond donors (Lipinski definition) is 0. The Bertz CT molecular complexity index is 467.